The lowest BCUT2D eigenvalue weighted by Crippen LogP contribution is -2.06. The molecule has 0 bridgehead atoms. The van der Waals surface area contributed by atoms with Gasteiger partial charge >= 0.3 is 0 Å². The van der Waals surface area contributed by atoms with Crippen LogP contribution >= 0.6 is 23.2 Å². The third kappa shape index (κ3) is 3.63. The minimum atomic E-state index is -0.440. The van der Waals surface area contributed by atoms with Gasteiger partial charge in [0, 0.05) is 21.7 Å². The van der Waals surface area contributed by atoms with E-state index in [1.54, 1.807) is 37.3 Å². The van der Waals surface area contributed by atoms with Crippen molar-refractivity contribution in [1.82, 2.24) is 0 Å². The van der Waals surface area contributed by atoms with Crippen molar-refractivity contribution >= 4 is 23.2 Å². The van der Waals surface area contributed by atoms with Gasteiger partial charge in [0.05, 0.1) is 0 Å². The molecule has 0 spiro atoms. The largest absolute Gasteiger partial charge is 0.486 e. The Labute approximate surface area is 127 Å². The lowest BCUT2D eigenvalue weighted by Gasteiger charge is -2.11. The van der Waals surface area contributed by atoms with E-state index in [1.165, 1.54) is 6.07 Å². The van der Waals surface area contributed by atoms with Crippen molar-refractivity contribution in [1.29, 1.82) is 0 Å². The molecular weight excluding hydrogens is 300 g/mol. The van der Waals surface area contributed by atoms with Crippen molar-refractivity contribution in [2.24, 2.45) is 5.73 Å². The zero-order valence-corrected chi connectivity index (χ0v) is 12.4. The highest BCUT2D eigenvalue weighted by Gasteiger charge is 2.09. The van der Waals surface area contributed by atoms with Gasteiger partial charge in [-0.2, -0.15) is 0 Å². The zero-order valence-electron chi connectivity index (χ0n) is 10.9. The van der Waals surface area contributed by atoms with Crippen molar-refractivity contribution in [2.75, 3.05) is 0 Å². The third-order valence-corrected chi connectivity index (χ3v) is 3.47. The van der Waals surface area contributed by atoms with Gasteiger partial charge in [-0.3, -0.25) is 0 Å². The van der Waals surface area contributed by atoms with E-state index in [0.717, 1.165) is 11.1 Å². The van der Waals surface area contributed by atoms with Crippen LogP contribution in [0.15, 0.2) is 36.4 Å². The van der Waals surface area contributed by atoms with Gasteiger partial charge in [-0.05, 0) is 36.8 Å². The molecule has 0 saturated heterocycles. The first kappa shape index (κ1) is 15.1. The smallest absolute Gasteiger partial charge is 0.165 e. The van der Waals surface area contributed by atoms with Gasteiger partial charge in [-0.25, -0.2) is 4.39 Å². The second kappa shape index (κ2) is 6.44. The Morgan fingerprint density at radius 2 is 1.95 bits per heavy atom. The fraction of sp³-hybridized carbons (Fsp3) is 0.200. The molecule has 0 saturated carbocycles. The predicted molar refractivity (Wildman–Crippen MR) is 79.8 cm³/mol. The maximum atomic E-state index is 13.8. The van der Waals surface area contributed by atoms with Crippen LogP contribution in [-0.4, -0.2) is 0 Å². The number of hydrogen-bond donors (Lipinski definition) is 1. The molecule has 2 aromatic rings. The summed E-state index contributed by atoms with van der Waals surface area (Å²) in [7, 11) is 0. The Balaban J connectivity index is 2.11. The van der Waals surface area contributed by atoms with Crippen molar-refractivity contribution in [3.8, 4) is 5.75 Å². The summed E-state index contributed by atoms with van der Waals surface area (Å²) in [6.07, 6.45) is 0. The van der Waals surface area contributed by atoms with Crippen molar-refractivity contribution in [3.63, 3.8) is 0 Å². The van der Waals surface area contributed by atoms with Gasteiger partial charge in [-0.1, -0.05) is 35.3 Å². The fourth-order valence-corrected chi connectivity index (χ4v) is 2.17. The quantitative estimate of drug-likeness (QED) is 0.885. The molecule has 2 rings (SSSR count). The van der Waals surface area contributed by atoms with E-state index < -0.39 is 5.82 Å². The highest BCUT2D eigenvalue weighted by atomic mass is 35.5. The van der Waals surface area contributed by atoms with Crippen LogP contribution < -0.4 is 10.5 Å². The van der Waals surface area contributed by atoms with Crippen LogP contribution in [0.2, 0.25) is 10.0 Å². The number of benzene rings is 2. The summed E-state index contributed by atoms with van der Waals surface area (Å²) in [5.74, 6) is -0.273. The van der Waals surface area contributed by atoms with Crippen molar-refractivity contribution in [3.05, 3.63) is 63.4 Å². The molecule has 2 N–H and O–H groups in total. The molecule has 0 aliphatic rings. The molecule has 0 heterocycles. The van der Waals surface area contributed by atoms with Crippen LogP contribution in [0.25, 0.3) is 0 Å². The molecule has 2 nitrogen and oxygen atoms in total. The van der Waals surface area contributed by atoms with E-state index in [1.807, 2.05) is 0 Å². The van der Waals surface area contributed by atoms with Crippen LogP contribution in [-0.2, 0) is 6.61 Å². The van der Waals surface area contributed by atoms with Gasteiger partial charge in [0.15, 0.2) is 11.6 Å². The zero-order chi connectivity index (χ0) is 14.7. The number of hydrogen-bond acceptors (Lipinski definition) is 2. The van der Waals surface area contributed by atoms with Gasteiger partial charge in [0.2, 0.25) is 0 Å². The Bertz CT molecular complexity index is 617. The van der Waals surface area contributed by atoms with Crippen LogP contribution in [0, 0.1) is 5.82 Å². The van der Waals surface area contributed by atoms with E-state index >= 15 is 0 Å². The summed E-state index contributed by atoms with van der Waals surface area (Å²) in [6, 6.07) is 9.55. The molecule has 0 aromatic heterocycles. The lowest BCUT2D eigenvalue weighted by molar-refractivity contribution is 0.290. The first-order valence-corrected chi connectivity index (χ1v) is 6.84. The molecule has 2 aromatic carbocycles. The molecule has 5 heteroatoms. The Morgan fingerprint density at radius 3 is 2.55 bits per heavy atom. The van der Waals surface area contributed by atoms with Gasteiger partial charge < -0.3 is 10.5 Å². The van der Waals surface area contributed by atoms with Crippen molar-refractivity contribution < 1.29 is 9.13 Å². The number of halogens is 3. The summed E-state index contributed by atoms with van der Waals surface area (Å²) in [5.41, 5.74) is 7.16. The number of nitrogens with two attached hydrogens (primary N) is 1. The average molecular weight is 314 g/mol. The van der Waals surface area contributed by atoms with Crippen LogP contribution in [0.4, 0.5) is 4.39 Å². The predicted octanol–water partition coefficient (Wildman–Crippen LogP) is 4.73. The molecule has 0 aliphatic heterocycles. The number of rotatable bonds is 4. The topological polar surface area (TPSA) is 35.2 Å². The van der Waals surface area contributed by atoms with Gasteiger partial charge in [-0.15, -0.1) is 0 Å². The molecule has 1 unspecified atom stereocenters. The Morgan fingerprint density at radius 1 is 1.20 bits per heavy atom. The molecule has 20 heavy (non-hydrogen) atoms. The third-order valence-electron chi connectivity index (χ3n) is 2.88. The lowest BCUT2D eigenvalue weighted by atomic mass is 10.1. The van der Waals surface area contributed by atoms with E-state index in [9.17, 15) is 4.39 Å². The van der Waals surface area contributed by atoms with E-state index in [4.69, 9.17) is 33.7 Å². The normalized spacial score (nSPS) is 12.2. The summed E-state index contributed by atoms with van der Waals surface area (Å²) >= 11 is 11.8. The maximum absolute atomic E-state index is 13.8. The second-order valence-corrected chi connectivity index (χ2v) is 5.35. The van der Waals surface area contributed by atoms with Crippen LogP contribution in [0.1, 0.15) is 24.1 Å². The number of ether oxygens (including phenoxy) is 1. The summed E-state index contributed by atoms with van der Waals surface area (Å²) < 4.78 is 19.3. The summed E-state index contributed by atoms with van der Waals surface area (Å²) in [4.78, 5) is 0. The molecule has 0 radical (unpaired) electrons. The van der Waals surface area contributed by atoms with Crippen LogP contribution in [0.3, 0.4) is 0 Å². The minimum Gasteiger partial charge on any atom is -0.486 e. The van der Waals surface area contributed by atoms with Crippen LogP contribution in [0.5, 0.6) is 5.75 Å². The minimum absolute atomic E-state index is 0.167. The first-order chi connectivity index (χ1) is 9.47. The van der Waals surface area contributed by atoms with E-state index in [2.05, 4.69) is 0 Å². The molecular formula is C15H14Cl2FNO. The van der Waals surface area contributed by atoms with Gasteiger partial charge in [0.1, 0.15) is 6.61 Å². The summed E-state index contributed by atoms with van der Waals surface area (Å²) in [6.45, 7) is 1.97. The molecule has 1 atom stereocenters. The Kier molecular flexibility index (Phi) is 4.86. The standard InChI is InChI=1S/C15H14Cl2FNO/c1-9(19)10-3-5-15(14(18)6-10)20-8-11-2-4-12(16)7-13(11)17/h2-7,9H,8,19H2,1H3. The van der Waals surface area contributed by atoms with Gasteiger partial charge in [0.25, 0.3) is 0 Å². The monoisotopic (exact) mass is 313 g/mol. The maximum Gasteiger partial charge on any atom is 0.165 e. The van der Waals surface area contributed by atoms with Crippen molar-refractivity contribution in [2.45, 2.75) is 19.6 Å². The first-order valence-electron chi connectivity index (χ1n) is 6.09. The van der Waals surface area contributed by atoms with E-state index in [0.29, 0.717) is 10.0 Å². The fourth-order valence-electron chi connectivity index (χ4n) is 1.71. The van der Waals surface area contributed by atoms with E-state index in [-0.39, 0.29) is 18.4 Å². The Hall–Kier alpha value is -1.29. The average Bonchev–Trinajstić information content (AvgIpc) is 2.38. The second-order valence-electron chi connectivity index (χ2n) is 4.50. The molecule has 0 fully saturated rings. The molecule has 0 aliphatic carbocycles. The highest BCUT2D eigenvalue weighted by molar-refractivity contribution is 6.35. The SMILES string of the molecule is CC(N)c1ccc(OCc2ccc(Cl)cc2Cl)c(F)c1. The summed E-state index contributed by atoms with van der Waals surface area (Å²) in [5, 5.41) is 1.04. The highest BCUT2D eigenvalue weighted by Crippen LogP contribution is 2.25. The molecule has 106 valence electrons. The molecule has 0 amide bonds.